The van der Waals surface area contributed by atoms with Gasteiger partial charge in [0, 0.05) is 7.92 Å². The fourth-order valence-electron chi connectivity index (χ4n) is 1.83. The van der Waals surface area contributed by atoms with Gasteiger partial charge in [-0.15, -0.1) is 0 Å². The van der Waals surface area contributed by atoms with Gasteiger partial charge in [0.15, 0.2) is 5.57 Å². The third-order valence-corrected chi connectivity index (χ3v) is 5.08. The Morgan fingerprint density at radius 1 is 0.800 bits per heavy atom. The number of nitriles is 2. The van der Waals surface area contributed by atoms with Crippen molar-refractivity contribution in [2.45, 2.75) is 0 Å². The van der Waals surface area contributed by atoms with Crippen LogP contribution in [-0.2, 0) is 0 Å². The first-order chi connectivity index (χ1) is 9.77. The molecule has 2 rings (SSSR count). The molecule has 0 bridgehead atoms. The molecule has 2 aromatic rings. The summed E-state index contributed by atoms with van der Waals surface area (Å²) in [7, 11) is -1.05. The van der Waals surface area contributed by atoms with Gasteiger partial charge in [0.05, 0.1) is 5.44 Å². The second-order valence-corrected chi connectivity index (χ2v) is 6.18. The minimum absolute atomic E-state index is 0.0104. The van der Waals surface area contributed by atoms with Crippen molar-refractivity contribution >= 4 is 18.5 Å². The average Bonchev–Trinajstić information content (AvgIpc) is 2.51. The Morgan fingerprint density at radius 2 is 1.20 bits per heavy atom. The Morgan fingerprint density at radius 3 is 1.55 bits per heavy atom. The zero-order valence-corrected chi connectivity index (χ0v) is 11.6. The SMILES string of the molecule is N#CC(C#N)=C(N)P(c1ccccc1)c1ccccc1. The Labute approximate surface area is 119 Å². The summed E-state index contributed by atoms with van der Waals surface area (Å²) < 4.78 is 0. The zero-order chi connectivity index (χ0) is 14.4. The number of hydrogen-bond acceptors (Lipinski definition) is 3. The lowest BCUT2D eigenvalue weighted by atomic mass is 10.3. The summed E-state index contributed by atoms with van der Waals surface area (Å²) in [5.74, 6) is 0. The van der Waals surface area contributed by atoms with Crippen LogP contribution in [0.15, 0.2) is 71.7 Å². The first kappa shape index (κ1) is 13.8. The molecule has 2 aromatic carbocycles. The maximum Gasteiger partial charge on any atom is 0.153 e. The summed E-state index contributed by atoms with van der Waals surface area (Å²) in [5, 5.41) is 20.1. The predicted molar refractivity (Wildman–Crippen MR) is 81.5 cm³/mol. The monoisotopic (exact) mass is 277 g/mol. The minimum Gasteiger partial charge on any atom is -0.396 e. The van der Waals surface area contributed by atoms with E-state index in [1.165, 1.54) is 0 Å². The molecule has 0 atom stereocenters. The molecule has 20 heavy (non-hydrogen) atoms. The van der Waals surface area contributed by atoms with E-state index in [9.17, 15) is 0 Å². The summed E-state index contributed by atoms with van der Waals surface area (Å²) in [6.45, 7) is 0. The predicted octanol–water partition coefficient (Wildman–Crippen LogP) is 2.34. The molecule has 0 unspecified atom stereocenters. The van der Waals surface area contributed by atoms with E-state index in [1.807, 2.05) is 72.8 Å². The van der Waals surface area contributed by atoms with Crippen molar-refractivity contribution in [3.05, 3.63) is 71.7 Å². The van der Waals surface area contributed by atoms with Crippen LogP contribution in [0.4, 0.5) is 0 Å². The van der Waals surface area contributed by atoms with Crippen LogP contribution >= 0.6 is 7.92 Å². The van der Waals surface area contributed by atoms with E-state index in [2.05, 4.69) is 0 Å². The summed E-state index contributed by atoms with van der Waals surface area (Å²) in [4.78, 5) is 0. The van der Waals surface area contributed by atoms with Crippen molar-refractivity contribution in [3.63, 3.8) is 0 Å². The normalized spacial score (nSPS) is 9.55. The fourth-order valence-corrected chi connectivity index (χ4v) is 3.95. The summed E-state index contributed by atoms with van der Waals surface area (Å²) in [6, 6.07) is 23.2. The van der Waals surface area contributed by atoms with Crippen LogP contribution in [0.1, 0.15) is 0 Å². The van der Waals surface area contributed by atoms with E-state index >= 15 is 0 Å². The second-order valence-electron chi connectivity index (χ2n) is 3.99. The van der Waals surface area contributed by atoms with Crippen LogP contribution < -0.4 is 16.3 Å². The van der Waals surface area contributed by atoms with Gasteiger partial charge in [0.1, 0.15) is 12.1 Å². The molecule has 3 nitrogen and oxygen atoms in total. The molecule has 0 spiro atoms. The second kappa shape index (κ2) is 6.53. The highest BCUT2D eigenvalue weighted by Crippen LogP contribution is 2.40. The molecular weight excluding hydrogens is 265 g/mol. The van der Waals surface area contributed by atoms with E-state index in [0.29, 0.717) is 5.44 Å². The van der Waals surface area contributed by atoms with Gasteiger partial charge in [0.2, 0.25) is 0 Å². The molecule has 0 amide bonds. The number of nitrogens with two attached hydrogens (primary N) is 1. The number of benzene rings is 2. The zero-order valence-electron chi connectivity index (χ0n) is 10.7. The average molecular weight is 277 g/mol. The van der Waals surface area contributed by atoms with Crippen molar-refractivity contribution in [1.82, 2.24) is 0 Å². The van der Waals surface area contributed by atoms with Crippen molar-refractivity contribution in [1.29, 1.82) is 10.5 Å². The van der Waals surface area contributed by atoms with Gasteiger partial charge >= 0.3 is 0 Å². The molecule has 0 aliphatic carbocycles. The van der Waals surface area contributed by atoms with Gasteiger partial charge in [-0.3, -0.25) is 0 Å². The molecule has 0 aliphatic heterocycles. The third-order valence-electron chi connectivity index (χ3n) is 2.75. The maximum absolute atomic E-state index is 9.04. The van der Waals surface area contributed by atoms with Gasteiger partial charge in [-0.25, -0.2) is 0 Å². The Hall–Kier alpha value is -2.61. The lowest BCUT2D eigenvalue weighted by Gasteiger charge is -2.19. The molecular formula is C16H12N3P. The molecule has 0 heterocycles. The largest absolute Gasteiger partial charge is 0.396 e. The highest BCUT2D eigenvalue weighted by Gasteiger charge is 2.19. The minimum atomic E-state index is -1.05. The number of hydrogen-bond donors (Lipinski definition) is 1. The number of allylic oxidation sites excluding steroid dienone is 1. The van der Waals surface area contributed by atoms with Crippen LogP contribution in [0, 0.1) is 22.7 Å². The Bertz CT molecular complexity index is 638. The van der Waals surface area contributed by atoms with Gasteiger partial charge in [-0.2, -0.15) is 10.5 Å². The van der Waals surface area contributed by atoms with Crippen LogP contribution in [-0.4, -0.2) is 0 Å². The molecule has 0 radical (unpaired) electrons. The number of nitrogens with zero attached hydrogens (tertiary/aromatic N) is 2. The molecule has 96 valence electrons. The van der Waals surface area contributed by atoms with Crippen molar-refractivity contribution in [2.75, 3.05) is 0 Å². The van der Waals surface area contributed by atoms with Crippen molar-refractivity contribution < 1.29 is 0 Å². The first-order valence-electron chi connectivity index (χ1n) is 5.98. The molecule has 0 aromatic heterocycles. The van der Waals surface area contributed by atoms with Crippen LogP contribution in [0.2, 0.25) is 0 Å². The first-order valence-corrected chi connectivity index (χ1v) is 7.32. The molecule has 0 saturated heterocycles. The summed E-state index contributed by atoms with van der Waals surface area (Å²) in [5.41, 5.74) is 6.45. The third kappa shape index (κ3) is 2.86. The quantitative estimate of drug-likeness (QED) is 0.691. The highest BCUT2D eigenvalue weighted by atomic mass is 31.1. The van der Waals surface area contributed by atoms with Crippen LogP contribution in [0.25, 0.3) is 0 Å². The standard InChI is InChI=1S/C16H12N3P/c17-11-13(12-18)16(19)20(14-7-3-1-4-8-14)15-9-5-2-6-10-15/h1-10H,19H2. The molecule has 0 aliphatic rings. The lowest BCUT2D eigenvalue weighted by molar-refractivity contribution is 1.41. The Kier molecular flexibility index (Phi) is 4.51. The van der Waals surface area contributed by atoms with Crippen LogP contribution in [0.3, 0.4) is 0 Å². The summed E-state index contributed by atoms with van der Waals surface area (Å²) in [6.07, 6.45) is 0. The van der Waals surface area contributed by atoms with Crippen molar-refractivity contribution in [3.8, 4) is 12.1 Å². The smallest absolute Gasteiger partial charge is 0.153 e. The molecule has 4 heteroatoms. The van der Waals surface area contributed by atoms with E-state index in [4.69, 9.17) is 16.3 Å². The van der Waals surface area contributed by atoms with Gasteiger partial charge in [-0.05, 0) is 10.6 Å². The van der Waals surface area contributed by atoms with Gasteiger partial charge < -0.3 is 5.73 Å². The fraction of sp³-hybridized carbons (Fsp3) is 0. The Balaban J connectivity index is 2.62. The highest BCUT2D eigenvalue weighted by molar-refractivity contribution is 7.76. The summed E-state index contributed by atoms with van der Waals surface area (Å²) >= 11 is 0. The van der Waals surface area contributed by atoms with Gasteiger partial charge in [0.25, 0.3) is 0 Å². The number of rotatable bonds is 3. The van der Waals surface area contributed by atoms with Crippen LogP contribution in [0.5, 0.6) is 0 Å². The molecule has 0 saturated carbocycles. The van der Waals surface area contributed by atoms with E-state index in [1.54, 1.807) is 0 Å². The van der Waals surface area contributed by atoms with Gasteiger partial charge in [-0.1, -0.05) is 60.7 Å². The maximum atomic E-state index is 9.04. The molecule has 2 N–H and O–H groups in total. The molecule has 0 fully saturated rings. The lowest BCUT2D eigenvalue weighted by Crippen LogP contribution is -2.17. The topological polar surface area (TPSA) is 73.6 Å². The van der Waals surface area contributed by atoms with E-state index in [0.717, 1.165) is 10.6 Å². The van der Waals surface area contributed by atoms with E-state index in [-0.39, 0.29) is 5.57 Å². The van der Waals surface area contributed by atoms with Crippen molar-refractivity contribution in [2.24, 2.45) is 5.73 Å². The van der Waals surface area contributed by atoms with E-state index < -0.39 is 7.92 Å².